The Bertz CT molecular complexity index is 894. The van der Waals surface area contributed by atoms with Crippen LogP contribution < -0.4 is 10.9 Å². The van der Waals surface area contributed by atoms with Crippen LogP contribution in [0.3, 0.4) is 0 Å². The van der Waals surface area contributed by atoms with E-state index < -0.39 is 11.7 Å². The minimum atomic E-state index is -0.512. The highest BCUT2D eigenvalue weighted by Gasteiger charge is 2.15. The SMILES string of the molecule is Cn1cc(Br)c2oc(CC#CCCNC(=O)OC(C)(C)C)cc2c1=O. The van der Waals surface area contributed by atoms with E-state index in [-0.39, 0.29) is 5.56 Å². The van der Waals surface area contributed by atoms with E-state index in [1.807, 2.05) is 20.8 Å². The molecule has 0 radical (unpaired) electrons. The van der Waals surface area contributed by atoms with Gasteiger partial charge >= 0.3 is 6.09 Å². The topological polar surface area (TPSA) is 73.5 Å². The zero-order chi connectivity index (χ0) is 18.6. The Morgan fingerprint density at radius 1 is 1.40 bits per heavy atom. The van der Waals surface area contributed by atoms with Crippen LogP contribution >= 0.6 is 15.9 Å². The van der Waals surface area contributed by atoms with E-state index in [0.29, 0.717) is 36.1 Å². The average molecular weight is 409 g/mol. The van der Waals surface area contributed by atoms with Crippen LogP contribution in [0.2, 0.25) is 0 Å². The number of amides is 1. The van der Waals surface area contributed by atoms with Crippen molar-refractivity contribution >= 4 is 33.0 Å². The van der Waals surface area contributed by atoms with Crippen molar-refractivity contribution in [3.8, 4) is 11.8 Å². The Morgan fingerprint density at radius 3 is 2.80 bits per heavy atom. The number of hydrogen-bond acceptors (Lipinski definition) is 4. The zero-order valence-electron chi connectivity index (χ0n) is 14.7. The van der Waals surface area contributed by atoms with E-state index in [1.165, 1.54) is 4.57 Å². The summed E-state index contributed by atoms with van der Waals surface area (Å²) in [7, 11) is 1.69. The molecule has 0 aromatic carbocycles. The minimum absolute atomic E-state index is 0.109. The highest BCUT2D eigenvalue weighted by atomic mass is 79.9. The van der Waals surface area contributed by atoms with Gasteiger partial charge in [0.2, 0.25) is 0 Å². The van der Waals surface area contributed by atoms with Crippen LogP contribution in [-0.4, -0.2) is 22.8 Å². The van der Waals surface area contributed by atoms with Crippen molar-refractivity contribution in [2.24, 2.45) is 7.05 Å². The molecule has 2 rings (SSSR count). The number of pyridine rings is 1. The van der Waals surface area contributed by atoms with Gasteiger partial charge < -0.3 is 19.0 Å². The molecule has 1 N–H and O–H groups in total. The second-order valence-corrected chi connectivity index (χ2v) is 7.41. The number of halogens is 1. The van der Waals surface area contributed by atoms with Gasteiger partial charge in [-0.3, -0.25) is 4.79 Å². The normalized spacial score (nSPS) is 11.1. The fraction of sp³-hybridized carbons (Fsp3) is 0.444. The van der Waals surface area contributed by atoms with Gasteiger partial charge in [-0.1, -0.05) is 5.92 Å². The highest BCUT2D eigenvalue weighted by Crippen LogP contribution is 2.24. The van der Waals surface area contributed by atoms with Gasteiger partial charge in [-0.15, -0.1) is 5.92 Å². The molecule has 0 aliphatic heterocycles. The summed E-state index contributed by atoms with van der Waals surface area (Å²) < 4.78 is 13.0. The summed E-state index contributed by atoms with van der Waals surface area (Å²) in [6.07, 6.45) is 2.13. The standard InChI is InChI=1S/C18H21BrN2O4/c1-18(2,3)25-17(23)20-9-7-5-6-8-12-10-13-15(24-12)14(19)11-21(4)16(13)22/h10-11H,7-9H2,1-4H3,(H,20,23). The summed E-state index contributed by atoms with van der Waals surface area (Å²) in [5.74, 6) is 6.57. The monoisotopic (exact) mass is 408 g/mol. The first kappa shape index (κ1) is 19.1. The first-order valence-electron chi connectivity index (χ1n) is 7.87. The third-order valence-electron chi connectivity index (χ3n) is 3.16. The molecular weight excluding hydrogens is 388 g/mol. The first-order valence-corrected chi connectivity index (χ1v) is 8.67. The van der Waals surface area contributed by atoms with Crippen molar-refractivity contribution in [2.45, 2.75) is 39.2 Å². The number of nitrogens with zero attached hydrogens (tertiary/aromatic N) is 1. The van der Waals surface area contributed by atoms with Crippen molar-refractivity contribution in [3.63, 3.8) is 0 Å². The lowest BCUT2D eigenvalue weighted by Crippen LogP contribution is -2.32. The van der Waals surface area contributed by atoms with Crippen LogP contribution in [-0.2, 0) is 18.2 Å². The number of aromatic nitrogens is 1. The summed E-state index contributed by atoms with van der Waals surface area (Å²) in [5, 5.41) is 3.17. The van der Waals surface area contributed by atoms with E-state index in [9.17, 15) is 9.59 Å². The molecule has 1 amide bonds. The van der Waals surface area contributed by atoms with Gasteiger partial charge in [0.1, 0.15) is 11.4 Å². The van der Waals surface area contributed by atoms with Gasteiger partial charge in [-0.05, 0) is 42.8 Å². The molecule has 134 valence electrons. The third kappa shape index (κ3) is 5.40. The van der Waals surface area contributed by atoms with E-state index in [0.717, 1.165) is 4.47 Å². The summed E-state index contributed by atoms with van der Waals surface area (Å²) >= 11 is 3.39. The largest absolute Gasteiger partial charge is 0.459 e. The maximum Gasteiger partial charge on any atom is 0.407 e. The number of carbonyl (C=O) groups is 1. The predicted molar refractivity (Wildman–Crippen MR) is 99.5 cm³/mol. The maximum atomic E-state index is 12.1. The van der Waals surface area contributed by atoms with Crippen LogP contribution in [0.5, 0.6) is 0 Å². The minimum Gasteiger partial charge on any atom is -0.459 e. The highest BCUT2D eigenvalue weighted by molar-refractivity contribution is 9.10. The van der Waals surface area contributed by atoms with Gasteiger partial charge in [0, 0.05) is 26.2 Å². The molecule has 0 unspecified atom stereocenters. The summed E-state index contributed by atoms with van der Waals surface area (Å²) in [6, 6.07) is 1.72. The van der Waals surface area contributed by atoms with Gasteiger partial charge in [-0.2, -0.15) is 0 Å². The number of furan rings is 1. The Hall–Kier alpha value is -2.20. The molecule has 0 spiro atoms. The second kappa shape index (κ2) is 7.79. The predicted octanol–water partition coefficient (Wildman–Crippen LogP) is 3.35. The van der Waals surface area contributed by atoms with E-state index in [2.05, 4.69) is 33.1 Å². The quantitative estimate of drug-likeness (QED) is 0.624. The molecular formula is C18H21BrN2O4. The van der Waals surface area contributed by atoms with Crippen molar-refractivity contribution < 1.29 is 13.9 Å². The Balaban J connectivity index is 1.89. The number of hydrogen-bond donors (Lipinski definition) is 1. The van der Waals surface area contributed by atoms with Gasteiger partial charge in [-0.25, -0.2) is 4.79 Å². The summed E-state index contributed by atoms with van der Waals surface area (Å²) in [4.78, 5) is 23.5. The number of alkyl carbamates (subject to hydrolysis) is 1. The van der Waals surface area contributed by atoms with Crippen molar-refractivity contribution in [3.05, 3.63) is 32.8 Å². The zero-order valence-corrected chi connectivity index (χ0v) is 16.3. The second-order valence-electron chi connectivity index (χ2n) is 6.56. The molecule has 0 aliphatic rings. The first-order chi connectivity index (χ1) is 11.7. The Labute approximate surface area is 154 Å². The number of ether oxygens (including phenoxy) is 1. The maximum absolute atomic E-state index is 12.1. The van der Waals surface area contributed by atoms with E-state index >= 15 is 0 Å². The molecule has 2 aromatic heterocycles. The number of fused-ring (bicyclic) bond motifs is 1. The third-order valence-corrected chi connectivity index (χ3v) is 3.73. The Kier molecular flexibility index (Phi) is 5.96. The van der Waals surface area contributed by atoms with Gasteiger partial charge in [0.25, 0.3) is 5.56 Å². The van der Waals surface area contributed by atoms with Crippen LogP contribution in [0.15, 0.2) is 25.9 Å². The molecule has 0 saturated carbocycles. The average Bonchev–Trinajstić information content (AvgIpc) is 2.91. The van der Waals surface area contributed by atoms with Crippen molar-refractivity contribution in [2.75, 3.05) is 6.54 Å². The van der Waals surface area contributed by atoms with E-state index in [4.69, 9.17) is 9.15 Å². The van der Waals surface area contributed by atoms with Gasteiger partial charge in [0.05, 0.1) is 16.3 Å². The molecule has 0 bridgehead atoms. The van der Waals surface area contributed by atoms with Gasteiger partial charge in [0.15, 0.2) is 5.58 Å². The molecule has 2 heterocycles. The van der Waals surface area contributed by atoms with Crippen LogP contribution in [0, 0.1) is 11.8 Å². The molecule has 0 fully saturated rings. The molecule has 6 nitrogen and oxygen atoms in total. The molecule has 0 atom stereocenters. The number of nitrogens with one attached hydrogen (secondary N) is 1. The smallest absolute Gasteiger partial charge is 0.407 e. The van der Waals surface area contributed by atoms with Crippen LogP contribution in [0.1, 0.15) is 33.0 Å². The molecule has 0 aliphatic carbocycles. The lowest BCUT2D eigenvalue weighted by Gasteiger charge is -2.19. The Morgan fingerprint density at radius 2 is 2.12 bits per heavy atom. The summed E-state index contributed by atoms with van der Waals surface area (Å²) in [5.41, 5.74) is -0.0863. The van der Waals surface area contributed by atoms with E-state index in [1.54, 1.807) is 19.3 Å². The number of carbonyl (C=O) groups excluding carboxylic acids is 1. The molecule has 0 saturated heterocycles. The fourth-order valence-corrected chi connectivity index (χ4v) is 2.72. The number of rotatable bonds is 3. The van der Waals surface area contributed by atoms with Crippen LogP contribution in [0.4, 0.5) is 4.79 Å². The molecule has 7 heteroatoms. The number of aryl methyl sites for hydroxylation is 1. The van der Waals surface area contributed by atoms with Crippen molar-refractivity contribution in [1.82, 2.24) is 9.88 Å². The molecule has 25 heavy (non-hydrogen) atoms. The van der Waals surface area contributed by atoms with Crippen LogP contribution in [0.25, 0.3) is 11.0 Å². The summed E-state index contributed by atoms with van der Waals surface area (Å²) in [6.45, 7) is 5.84. The van der Waals surface area contributed by atoms with Crippen molar-refractivity contribution in [1.29, 1.82) is 0 Å². The lowest BCUT2D eigenvalue weighted by atomic mass is 10.2. The lowest BCUT2D eigenvalue weighted by molar-refractivity contribution is 0.0529. The molecule has 2 aromatic rings. The fourth-order valence-electron chi connectivity index (χ4n) is 2.12.